The Kier molecular flexibility index (Phi) is 4.74. The number of nitrogens with one attached hydrogen (secondary N) is 1. The molecule has 2 aromatic rings. The number of nitrogens with zero attached hydrogens (tertiary/aromatic N) is 3. The molecule has 9 heteroatoms. The number of carbonyl (C=O) groups is 1. The number of carbonyl (C=O) groups excluding carboxylic acids is 1. The van der Waals surface area contributed by atoms with Crippen LogP contribution in [0.2, 0.25) is 0 Å². The van der Waals surface area contributed by atoms with Crippen LogP contribution < -0.4 is 0 Å². The maximum atomic E-state index is 12.5. The Hall–Kier alpha value is -2.10. The predicted octanol–water partition coefficient (Wildman–Crippen LogP) is 1.29. The number of hydrogen-bond donors (Lipinski definition) is 1. The zero-order valence-electron chi connectivity index (χ0n) is 12.8. The molecular weight excluding hydrogens is 348 g/mol. The number of rotatable bonds is 3. The van der Waals surface area contributed by atoms with Crippen LogP contribution in [0.3, 0.4) is 0 Å². The van der Waals surface area contributed by atoms with Gasteiger partial charge in [0, 0.05) is 44.8 Å². The fourth-order valence-corrected chi connectivity index (χ4v) is 4.15. The van der Waals surface area contributed by atoms with Crippen LogP contribution in [-0.4, -0.2) is 59.7 Å². The van der Waals surface area contributed by atoms with Crippen molar-refractivity contribution in [1.82, 2.24) is 19.2 Å². The minimum atomic E-state index is -3.58. The second-order valence-electron chi connectivity index (χ2n) is 5.30. The van der Waals surface area contributed by atoms with Crippen LogP contribution in [0.25, 0.3) is 0 Å². The molecule has 1 aliphatic heterocycles. The summed E-state index contributed by atoms with van der Waals surface area (Å²) < 4.78 is 26.9. The minimum absolute atomic E-state index is 0.162. The van der Waals surface area contributed by atoms with Gasteiger partial charge in [-0.1, -0.05) is 12.2 Å². The first-order valence-corrected chi connectivity index (χ1v) is 9.22. The van der Waals surface area contributed by atoms with E-state index in [0.717, 1.165) is 0 Å². The maximum Gasteiger partial charge on any atom is 0.256 e. The molecule has 0 saturated carbocycles. The van der Waals surface area contributed by atoms with Crippen molar-refractivity contribution >= 4 is 28.1 Å². The summed E-state index contributed by atoms with van der Waals surface area (Å²) >= 11 is 5.13. The summed E-state index contributed by atoms with van der Waals surface area (Å²) in [4.78, 5) is 21.0. The van der Waals surface area contributed by atoms with Crippen LogP contribution in [0, 0.1) is 4.64 Å². The van der Waals surface area contributed by atoms with Gasteiger partial charge < -0.3 is 9.88 Å². The minimum Gasteiger partial charge on any atom is -0.352 e. The highest BCUT2D eigenvalue weighted by Gasteiger charge is 2.30. The van der Waals surface area contributed by atoms with Gasteiger partial charge in [-0.2, -0.15) is 4.31 Å². The van der Waals surface area contributed by atoms with Crippen molar-refractivity contribution in [3.05, 3.63) is 53.1 Å². The van der Waals surface area contributed by atoms with Gasteiger partial charge >= 0.3 is 0 Å². The van der Waals surface area contributed by atoms with Gasteiger partial charge in [0.25, 0.3) is 5.91 Å². The fourth-order valence-electron chi connectivity index (χ4n) is 2.54. The molecule has 24 heavy (non-hydrogen) atoms. The average Bonchev–Trinajstić information content (AvgIpc) is 2.62. The molecule has 1 aliphatic rings. The monoisotopic (exact) mass is 364 g/mol. The first-order valence-electron chi connectivity index (χ1n) is 7.37. The van der Waals surface area contributed by atoms with E-state index < -0.39 is 10.0 Å². The van der Waals surface area contributed by atoms with E-state index in [1.54, 1.807) is 29.3 Å². The molecule has 3 heterocycles. The molecule has 0 radical (unpaired) electrons. The standard InChI is InChI=1S/C15H16N4O3S2/c20-15(13-4-2-6-17-14(13)23)18-7-9-19(10-8-18)24(21,22)12-3-1-5-16-11-12/h1-6,11H,7-10H2,(H,17,23). The summed E-state index contributed by atoms with van der Waals surface area (Å²) in [6.07, 6.45) is 4.52. The number of hydrogen-bond acceptors (Lipinski definition) is 5. The van der Waals surface area contributed by atoms with Crippen LogP contribution in [-0.2, 0) is 10.0 Å². The molecule has 0 atom stereocenters. The molecule has 0 bridgehead atoms. The largest absolute Gasteiger partial charge is 0.352 e. The molecule has 1 amide bonds. The highest BCUT2D eigenvalue weighted by atomic mass is 32.2. The number of H-pyrrole nitrogens is 1. The number of piperazine rings is 1. The summed E-state index contributed by atoms with van der Waals surface area (Å²) in [6, 6.07) is 6.49. The molecule has 0 spiro atoms. The molecule has 2 aromatic heterocycles. The average molecular weight is 364 g/mol. The van der Waals surface area contributed by atoms with Crippen LogP contribution in [0.1, 0.15) is 10.4 Å². The Balaban J connectivity index is 1.71. The third kappa shape index (κ3) is 3.23. The second kappa shape index (κ2) is 6.80. The molecule has 3 rings (SSSR count). The van der Waals surface area contributed by atoms with E-state index in [-0.39, 0.29) is 23.9 Å². The molecule has 0 aliphatic carbocycles. The zero-order chi connectivity index (χ0) is 17.2. The molecule has 0 aromatic carbocycles. The van der Waals surface area contributed by atoms with Gasteiger partial charge in [-0.15, -0.1) is 0 Å². The van der Waals surface area contributed by atoms with Crippen LogP contribution in [0.5, 0.6) is 0 Å². The number of amides is 1. The quantitative estimate of drug-likeness (QED) is 0.830. The first-order chi connectivity index (χ1) is 11.5. The van der Waals surface area contributed by atoms with E-state index in [9.17, 15) is 13.2 Å². The lowest BCUT2D eigenvalue weighted by atomic mass is 10.2. The van der Waals surface area contributed by atoms with E-state index in [1.807, 2.05) is 0 Å². The summed E-state index contributed by atoms with van der Waals surface area (Å²) in [5, 5.41) is 0. The van der Waals surface area contributed by atoms with Gasteiger partial charge in [-0.05, 0) is 24.3 Å². The van der Waals surface area contributed by atoms with Crippen molar-refractivity contribution in [2.45, 2.75) is 4.90 Å². The van der Waals surface area contributed by atoms with Crippen molar-refractivity contribution in [3.8, 4) is 0 Å². The van der Waals surface area contributed by atoms with E-state index >= 15 is 0 Å². The Morgan fingerprint density at radius 2 is 1.92 bits per heavy atom. The summed E-state index contributed by atoms with van der Waals surface area (Å²) in [7, 11) is -3.58. The molecule has 0 unspecified atom stereocenters. The molecule has 1 N–H and O–H groups in total. The fraction of sp³-hybridized carbons (Fsp3) is 0.267. The van der Waals surface area contributed by atoms with Crippen molar-refractivity contribution in [2.24, 2.45) is 0 Å². The molecule has 1 saturated heterocycles. The Bertz CT molecular complexity index is 888. The SMILES string of the molecule is O=C(c1ccc[nH]c1=S)N1CCN(S(=O)(=O)c2cccnc2)CC1. The van der Waals surface area contributed by atoms with E-state index in [4.69, 9.17) is 12.2 Å². The molecular formula is C15H16N4O3S2. The first kappa shape index (κ1) is 16.7. The molecule has 1 fully saturated rings. The summed E-state index contributed by atoms with van der Waals surface area (Å²) in [6.45, 7) is 1.13. The van der Waals surface area contributed by atoms with Gasteiger partial charge in [0.05, 0.1) is 5.56 Å². The van der Waals surface area contributed by atoms with Gasteiger partial charge in [0.2, 0.25) is 10.0 Å². The van der Waals surface area contributed by atoms with E-state index in [2.05, 4.69) is 9.97 Å². The smallest absolute Gasteiger partial charge is 0.256 e. The summed E-state index contributed by atoms with van der Waals surface area (Å²) in [5.74, 6) is -0.185. The van der Waals surface area contributed by atoms with Gasteiger partial charge in [0.15, 0.2) is 0 Å². The Morgan fingerprint density at radius 1 is 1.17 bits per heavy atom. The van der Waals surface area contributed by atoms with Gasteiger partial charge in [-0.25, -0.2) is 8.42 Å². The van der Waals surface area contributed by atoms with Crippen LogP contribution >= 0.6 is 12.2 Å². The summed E-state index contributed by atoms with van der Waals surface area (Å²) in [5.41, 5.74) is 0.427. The highest BCUT2D eigenvalue weighted by Crippen LogP contribution is 2.17. The number of sulfonamides is 1. The third-order valence-corrected chi connectivity index (χ3v) is 6.07. The topological polar surface area (TPSA) is 86.4 Å². The predicted molar refractivity (Wildman–Crippen MR) is 90.5 cm³/mol. The Labute approximate surface area is 145 Å². The molecule has 126 valence electrons. The number of pyridine rings is 2. The van der Waals surface area contributed by atoms with Crippen molar-refractivity contribution < 1.29 is 13.2 Å². The zero-order valence-corrected chi connectivity index (χ0v) is 14.4. The normalized spacial score (nSPS) is 16.1. The van der Waals surface area contributed by atoms with Gasteiger partial charge in [-0.3, -0.25) is 9.78 Å². The lowest BCUT2D eigenvalue weighted by Crippen LogP contribution is -2.50. The Morgan fingerprint density at radius 3 is 2.54 bits per heavy atom. The van der Waals surface area contributed by atoms with Crippen molar-refractivity contribution in [1.29, 1.82) is 0 Å². The van der Waals surface area contributed by atoms with E-state index in [0.29, 0.717) is 23.3 Å². The maximum absolute atomic E-state index is 12.5. The van der Waals surface area contributed by atoms with Crippen molar-refractivity contribution in [2.75, 3.05) is 26.2 Å². The van der Waals surface area contributed by atoms with E-state index in [1.165, 1.54) is 22.8 Å². The number of aromatic nitrogens is 2. The highest BCUT2D eigenvalue weighted by molar-refractivity contribution is 7.89. The lowest BCUT2D eigenvalue weighted by Gasteiger charge is -2.33. The van der Waals surface area contributed by atoms with Crippen LogP contribution in [0.4, 0.5) is 0 Å². The molecule has 7 nitrogen and oxygen atoms in total. The van der Waals surface area contributed by atoms with Gasteiger partial charge in [0.1, 0.15) is 9.54 Å². The van der Waals surface area contributed by atoms with Crippen molar-refractivity contribution in [3.63, 3.8) is 0 Å². The third-order valence-electron chi connectivity index (χ3n) is 3.85. The lowest BCUT2D eigenvalue weighted by molar-refractivity contribution is 0.0697. The second-order valence-corrected chi connectivity index (χ2v) is 7.64. The van der Waals surface area contributed by atoms with Crippen LogP contribution in [0.15, 0.2) is 47.8 Å². The number of aromatic amines is 1.